The maximum absolute atomic E-state index is 12.6. The van der Waals surface area contributed by atoms with Crippen LogP contribution in [0, 0.1) is 0 Å². The zero-order chi connectivity index (χ0) is 20.1. The Morgan fingerprint density at radius 3 is 2.71 bits per heavy atom. The van der Waals surface area contributed by atoms with Crippen molar-refractivity contribution in [1.29, 1.82) is 0 Å². The summed E-state index contributed by atoms with van der Waals surface area (Å²) in [6, 6.07) is 3.49. The topological polar surface area (TPSA) is 114 Å². The Morgan fingerprint density at radius 2 is 2.07 bits per heavy atom. The van der Waals surface area contributed by atoms with Gasteiger partial charge in [0.1, 0.15) is 5.56 Å². The molecule has 0 aromatic carbocycles. The van der Waals surface area contributed by atoms with E-state index in [9.17, 15) is 19.2 Å². The molecule has 2 amide bonds. The molecule has 3 heterocycles. The molecular weight excluding hydrogens is 384 g/mol. The lowest BCUT2D eigenvalue weighted by molar-refractivity contribution is 0.0858. The highest BCUT2D eigenvalue weighted by molar-refractivity contribution is 7.09. The fourth-order valence-electron chi connectivity index (χ4n) is 3.06. The van der Waals surface area contributed by atoms with Gasteiger partial charge in [0, 0.05) is 30.2 Å². The van der Waals surface area contributed by atoms with Crippen molar-refractivity contribution < 1.29 is 14.3 Å². The standard InChI is InChI=1S/C18H22N4O5S/c1-2-27-18(26)21-7-5-12(6-8-21)20-15(23)14-10-19-17(25)22(16(14)24)11-13-4-3-9-28-13/h3-4,9-10,12H,2,5-8,11H2,1H3,(H,19,25)(H,20,23). The molecule has 1 fully saturated rings. The molecule has 2 aromatic rings. The van der Waals surface area contributed by atoms with Crippen LogP contribution < -0.4 is 16.6 Å². The predicted molar refractivity (Wildman–Crippen MR) is 104 cm³/mol. The molecule has 28 heavy (non-hydrogen) atoms. The molecule has 3 rings (SSSR count). The number of H-pyrrole nitrogens is 1. The number of aromatic nitrogens is 2. The minimum Gasteiger partial charge on any atom is -0.450 e. The third kappa shape index (κ3) is 4.50. The molecule has 1 aliphatic rings. The van der Waals surface area contributed by atoms with Crippen molar-refractivity contribution in [2.45, 2.75) is 32.4 Å². The molecule has 0 radical (unpaired) electrons. The number of thiophene rings is 1. The Bertz CT molecular complexity index is 942. The van der Waals surface area contributed by atoms with Crippen LogP contribution in [0.3, 0.4) is 0 Å². The molecule has 1 saturated heterocycles. The summed E-state index contributed by atoms with van der Waals surface area (Å²) < 4.78 is 5.99. The number of hydrogen-bond acceptors (Lipinski definition) is 6. The molecule has 0 saturated carbocycles. The highest BCUT2D eigenvalue weighted by Gasteiger charge is 2.26. The first-order valence-electron chi connectivity index (χ1n) is 9.07. The lowest BCUT2D eigenvalue weighted by atomic mass is 10.1. The normalized spacial score (nSPS) is 14.7. The van der Waals surface area contributed by atoms with Gasteiger partial charge in [0.15, 0.2) is 0 Å². The first-order valence-corrected chi connectivity index (χ1v) is 9.95. The Balaban J connectivity index is 1.66. The van der Waals surface area contributed by atoms with Gasteiger partial charge in [-0.25, -0.2) is 9.59 Å². The summed E-state index contributed by atoms with van der Waals surface area (Å²) in [4.78, 5) is 53.8. The van der Waals surface area contributed by atoms with E-state index in [1.165, 1.54) is 11.3 Å². The summed E-state index contributed by atoms with van der Waals surface area (Å²) in [7, 11) is 0. The third-order valence-electron chi connectivity index (χ3n) is 4.56. The first kappa shape index (κ1) is 19.9. The fraction of sp³-hybridized carbons (Fsp3) is 0.444. The zero-order valence-corrected chi connectivity index (χ0v) is 16.3. The first-order chi connectivity index (χ1) is 13.5. The summed E-state index contributed by atoms with van der Waals surface area (Å²) in [6.07, 6.45) is 1.93. The largest absolute Gasteiger partial charge is 0.450 e. The van der Waals surface area contributed by atoms with Crippen molar-refractivity contribution in [1.82, 2.24) is 19.8 Å². The number of aromatic amines is 1. The Morgan fingerprint density at radius 1 is 1.32 bits per heavy atom. The second-order valence-electron chi connectivity index (χ2n) is 6.41. The van der Waals surface area contributed by atoms with Crippen molar-refractivity contribution in [2.75, 3.05) is 19.7 Å². The van der Waals surface area contributed by atoms with Gasteiger partial charge < -0.3 is 19.9 Å². The minimum absolute atomic E-state index is 0.107. The van der Waals surface area contributed by atoms with Gasteiger partial charge in [-0.15, -0.1) is 11.3 Å². The van der Waals surface area contributed by atoms with Crippen LogP contribution in [0.1, 0.15) is 35.0 Å². The molecule has 150 valence electrons. The lowest BCUT2D eigenvalue weighted by Gasteiger charge is -2.31. The van der Waals surface area contributed by atoms with Gasteiger partial charge >= 0.3 is 11.8 Å². The molecule has 0 aliphatic carbocycles. The van der Waals surface area contributed by atoms with Crippen molar-refractivity contribution in [2.24, 2.45) is 0 Å². The van der Waals surface area contributed by atoms with Gasteiger partial charge in [-0.1, -0.05) is 6.07 Å². The van der Waals surface area contributed by atoms with E-state index in [1.54, 1.807) is 11.8 Å². The molecular formula is C18H22N4O5S. The highest BCUT2D eigenvalue weighted by atomic mass is 32.1. The smallest absolute Gasteiger partial charge is 0.409 e. The average molecular weight is 406 g/mol. The lowest BCUT2D eigenvalue weighted by Crippen LogP contribution is -2.48. The number of nitrogens with zero attached hydrogens (tertiary/aromatic N) is 2. The summed E-state index contributed by atoms with van der Waals surface area (Å²) in [6.45, 7) is 3.13. The van der Waals surface area contributed by atoms with Crippen molar-refractivity contribution in [3.63, 3.8) is 0 Å². The second-order valence-corrected chi connectivity index (χ2v) is 7.44. The molecule has 0 bridgehead atoms. The van der Waals surface area contributed by atoms with Crippen molar-refractivity contribution in [3.8, 4) is 0 Å². The van der Waals surface area contributed by atoms with Crippen molar-refractivity contribution in [3.05, 3.63) is 55.0 Å². The van der Waals surface area contributed by atoms with E-state index in [2.05, 4.69) is 10.3 Å². The quantitative estimate of drug-likeness (QED) is 0.769. The number of rotatable bonds is 5. The number of hydrogen-bond donors (Lipinski definition) is 2. The van der Waals surface area contributed by atoms with Crippen LogP contribution in [0.25, 0.3) is 0 Å². The third-order valence-corrected chi connectivity index (χ3v) is 5.42. The minimum atomic E-state index is -0.626. The van der Waals surface area contributed by atoms with Gasteiger partial charge in [-0.2, -0.15) is 0 Å². The number of piperidine rings is 1. The average Bonchev–Trinajstić information content (AvgIpc) is 3.19. The van der Waals surface area contributed by atoms with Gasteiger partial charge in [0.2, 0.25) is 0 Å². The van der Waals surface area contributed by atoms with E-state index in [1.807, 2.05) is 17.5 Å². The summed E-state index contributed by atoms with van der Waals surface area (Å²) in [5.74, 6) is -0.532. The summed E-state index contributed by atoms with van der Waals surface area (Å²) >= 11 is 1.43. The maximum Gasteiger partial charge on any atom is 0.409 e. The summed E-state index contributed by atoms with van der Waals surface area (Å²) in [5, 5.41) is 4.68. The molecule has 1 aliphatic heterocycles. The van der Waals surface area contributed by atoms with Crippen LogP contribution in [0.4, 0.5) is 4.79 Å². The highest BCUT2D eigenvalue weighted by Crippen LogP contribution is 2.12. The number of carbonyl (C=O) groups is 2. The van der Waals surface area contributed by atoms with Gasteiger partial charge in [0.25, 0.3) is 11.5 Å². The second kappa shape index (κ2) is 8.87. The van der Waals surface area contributed by atoms with E-state index in [0.29, 0.717) is 32.5 Å². The molecule has 0 spiro atoms. The fourth-order valence-corrected chi connectivity index (χ4v) is 3.75. The van der Waals surface area contributed by atoms with Gasteiger partial charge in [-0.3, -0.25) is 14.2 Å². The van der Waals surface area contributed by atoms with E-state index in [-0.39, 0.29) is 24.2 Å². The predicted octanol–water partition coefficient (Wildman–Crippen LogP) is 0.997. The number of amides is 2. The van der Waals surface area contributed by atoms with Crippen LogP contribution in [-0.4, -0.2) is 52.2 Å². The molecule has 0 unspecified atom stereocenters. The van der Waals surface area contributed by atoms with Crippen LogP contribution >= 0.6 is 11.3 Å². The van der Waals surface area contributed by atoms with Crippen LogP contribution in [0.5, 0.6) is 0 Å². The number of nitrogens with one attached hydrogen (secondary N) is 2. The number of likely N-dealkylation sites (tertiary alicyclic amines) is 1. The van der Waals surface area contributed by atoms with Crippen LogP contribution in [-0.2, 0) is 11.3 Å². The Labute approximate surface area is 164 Å². The summed E-state index contributed by atoms with van der Waals surface area (Å²) in [5.41, 5.74) is -1.29. The molecule has 0 atom stereocenters. The van der Waals surface area contributed by atoms with Crippen LogP contribution in [0.15, 0.2) is 33.3 Å². The SMILES string of the molecule is CCOC(=O)N1CCC(NC(=O)c2c[nH]c(=O)n(Cc3cccs3)c2=O)CC1. The number of ether oxygens (including phenoxy) is 1. The van der Waals surface area contributed by atoms with E-state index in [0.717, 1.165) is 15.6 Å². The Kier molecular flexibility index (Phi) is 6.30. The molecule has 9 nitrogen and oxygen atoms in total. The van der Waals surface area contributed by atoms with Gasteiger partial charge in [-0.05, 0) is 31.2 Å². The molecule has 2 N–H and O–H groups in total. The molecule has 2 aromatic heterocycles. The maximum atomic E-state index is 12.6. The zero-order valence-electron chi connectivity index (χ0n) is 15.5. The van der Waals surface area contributed by atoms with E-state index >= 15 is 0 Å². The monoisotopic (exact) mass is 406 g/mol. The molecule has 10 heteroatoms. The van der Waals surface area contributed by atoms with Gasteiger partial charge in [0.05, 0.1) is 13.2 Å². The number of carbonyl (C=O) groups excluding carboxylic acids is 2. The van der Waals surface area contributed by atoms with E-state index in [4.69, 9.17) is 4.74 Å². The van der Waals surface area contributed by atoms with Crippen LogP contribution in [0.2, 0.25) is 0 Å². The van der Waals surface area contributed by atoms with E-state index < -0.39 is 17.2 Å². The Hall–Kier alpha value is -2.88. The van der Waals surface area contributed by atoms with Crippen molar-refractivity contribution >= 4 is 23.3 Å².